The Kier molecular flexibility index (Phi) is 7.69. The Morgan fingerprint density at radius 2 is 1.73 bits per heavy atom. The summed E-state index contributed by atoms with van der Waals surface area (Å²) in [5, 5.41) is 3.56. The molecule has 1 aliphatic rings. The average Bonchev–Trinajstić information content (AvgIpc) is 3.22. The summed E-state index contributed by atoms with van der Waals surface area (Å²) in [5.41, 5.74) is 1.96. The molecule has 0 radical (unpaired) electrons. The van der Waals surface area contributed by atoms with Crippen LogP contribution in [-0.4, -0.2) is 24.0 Å². The maximum Gasteiger partial charge on any atom is 0.258 e. The Bertz CT molecular complexity index is 973. The van der Waals surface area contributed by atoms with E-state index in [0.717, 1.165) is 23.9 Å². The molecule has 8 heteroatoms. The molecule has 4 nitrogen and oxygen atoms in total. The van der Waals surface area contributed by atoms with Crippen LogP contribution in [0.25, 0.3) is 0 Å². The van der Waals surface area contributed by atoms with Gasteiger partial charge in [-0.1, -0.05) is 11.6 Å². The standard InChI is InChI=1S/C22H21ClFN3OS.ClH/c23-17-6-4-16(5-7-17)21(28)27(20-10-8-18(24)9-11-20)14-19-15-29-22(25-19)26-12-2-1-3-13-26;/h4-11,15H,1-3,12-14H2;1H. The van der Waals surface area contributed by atoms with E-state index >= 15 is 0 Å². The fraction of sp³-hybridized carbons (Fsp3) is 0.273. The fourth-order valence-corrected chi connectivity index (χ4v) is 4.41. The van der Waals surface area contributed by atoms with Gasteiger partial charge >= 0.3 is 0 Å². The number of benzene rings is 2. The summed E-state index contributed by atoms with van der Waals surface area (Å²) in [6, 6.07) is 12.7. The van der Waals surface area contributed by atoms with E-state index in [-0.39, 0.29) is 24.1 Å². The highest BCUT2D eigenvalue weighted by atomic mass is 35.5. The van der Waals surface area contributed by atoms with Crippen molar-refractivity contribution in [3.8, 4) is 0 Å². The number of carbonyl (C=O) groups is 1. The Morgan fingerprint density at radius 1 is 1.07 bits per heavy atom. The number of carbonyl (C=O) groups excluding carboxylic acids is 1. The number of thiazole rings is 1. The minimum Gasteiger partial charge on any atom is -0.348 e. The molecule has 0 atom stereocenters. The monoisotopic (exact) mass is 465 g/mol. The normalized spacial score (nSPS) is 13.6. The Labute approximate surface area is 190 Å². The molecule has 30 heavy (non-hydrogen) atoms. The van der Waals surface area contributed by atoms with E-state index in [1.54, 1.807) is 52.6 Å². The van der Waals surface area contributed by atoms with Crippen molar-refractivity contribution in [1.82, 2.24) is 4.98 Å². The predicted molar refractivity (Wildman–Crippen MR) is 124 cm³/mol. The van der Waals surface area contributed by atoms with Gasteiger partial charge in [0.1, 0.15) is 5.82 Å². The molecule has 0 spiro atoms. The highest BCUT2D eigenvalue weighted by Crippen LogP contribution is 2.27. The number of aromatic nitrogens is 1. The molecule has 1 saturated heterocycles. The lowest BCUT2D eigenvalue weighted by Crippen LogP contribution is -2.31. The van der Waals surface area contributed by atoms with Crippen molar-refractivity contribution in [2.45, 2.75) is 25.8 Å². The zero-order chi connectivity index (χ0) is 20.2. The molecule has 0 saturated carbocycles. The molecule has 1 amide bonds. The third kappa shape index (κ3) is 5.31. The molecule has 0 bridgehead atoms. The van der Waals surface area contributed by atoms with Crippen molar-refractivity contribution in [2.75, 3.05) is 22.9 Å². The smallest absolute Gasteiger partial charge is 0.258 e. The molecular formula is C22H22Cl2FN3OS. The summed E-state index contributed by atoms with van der Waals surface area (Å²) in [5.74, 6) is -0.519. The Balaban J connectivity index is 0.00000256. The van der Waals surface area contributed by atoms with Gasteiger partial charge in [-0.25, -0.2) is 9.37 Å². The Morgan fingerprint density at radius 3 is 2.40 bits per heavy atom. The van der Waals surface area contributed by atoms with Crippen LogP contribution >= 0.6 is 35.3 Å². The van der Waals surface area contributed by atoms with Gasteiger partial charge in [-0.2, -0.15) is 0 Å². The minimum absolute atomic E-state index is 0. The number of rotatable bonds is 5. The topological polar surface area (TPSA) is 36.4 Å². The van der Waals surface area contributed by atoms with Crippen LogP contribution in [-0.2, 0) is 6.54 Å². The summed E-state index contributed by atoms with van der Waals surface area (Å²) in [6.07, 6.45) is 3.64. The van der Waals surface area contributed by atoms with Crippen LogP contribution in [0.3, 0.4) is 0 Å². The van der Waals surface area contributed by atoms with E-state index in [2.05, 4.69) is 4.90 Å². The molecule has 4 rings (SSSR count). The zero-order valence-electron chi connectivity index (χ0n) is 16.3. The Hall–Kier alpha value is -2.15. The number of hydrogen-bond donors (Lipinski definition) is 0. The lowest BCUT2D eigenvalue weighted by atomic mass is 10.1. The van der Waals surface area contributed by atoms with Gasteiger partial charge < -0.3 is 9.80 Å². The SMILES string of the molecule is Cl.O=C(c1ccc(Cl)cc1)N(Cc1csc(N2CCCCC2)n1)c1ccc(F)cc1. The first-order valence-corrected chi connectivity index (χ1v) is 10.9. The van der Waals surface area contributed by atoms with Crippen molar-refractivity contribution in [2.24, 2.45) is 0 Å². The van der Waals surface area contributed by atoms with Gasteiger partial charge in [0.15, 0.2) is 5.13 Å². The van der Waals surface area contributed by atoms with Crippen LogP contribution in [0.15, 0.2) is 53.9 Å². The third-order valence-corrected chi connectivity index (χ3v) is 6.16. The molecule has 1 aromatic heterocycles. The molecule has 158 valence electrons. The van der Waals surface area contributed by atoms with E-state index in [0.29, 0.717) is 22.8 Å². The zero-order valence-corrected chi connectivity index (χ0v) is 18.7. The van der Waals surface area contributed by atoms with Crippen molar-refractivity contribution >= 4 is 52.1 Å². The van der Waals surface area contributed by atoms with Gasteiger partial charge in [0.25, 0.3) is 5.91 Å². The molecule has 0 aliphatic carbocycles. The molecule has 2 heterocycles. The van der Waals surface area contributed by atoms with Crippen LogP contribution in [0.2, 0.25) is 5.02 Å². The largest absolute Gasteiger partial charge is 0.348 e. The number of piperidine rings is 1. The third-order valence-electron chi connectivity index (χ3n) is 4.96. The van der Waals surface area contributed by atoms with Crippen molar-refractivity contribution in [3.05, 3.63) is 76.0 Å². The molecule has 2 aromatic carbocycles. The lowest BCUT2D eigenvalue weighted by molar-refractivity contribution is 0.0985. The molecule has 1 aliphatic heterocycles. The summed E-state index contributed by atoms with van der Waals surface area (Å²) in [6.45, 7) is 2.37. The first-order valence-electron chi connectivity index (χ1n) is 9.62. The first kappa shape index (κ1) is 22.5. The van der Waals surface area contributed by atoms with E-state index in [1.165, 1.54) is 31.4 Å². The number of hydrogen-bond acceptors (Lipinski definition) is 4. The second-order valence-corrected chi connectivity index (χ2v) is 8.32. The number of anilines is 2. The average molecular weight is 466 g/mol. The molecule has 1 fully saturated rings. The van der Waals surface area contributed by atoms with Crippen LogP contribution in [0.4, 0.5) is 15.2 Å². The molecule has 3 aromatic rings. The van der Waals surface area contributed by atoms with Gasteiger partial charge in [-0.05, 0) is 67.8 Å². The van der Waals surface area contributed by atoms with Crippen LogP contribution in [0, 0.1) is 5.82 Å². The molecular weight excluding hydrogens is 444 g/mol. The van der Waals surface area contributed by atoms with Gasteiger partial charge in [-0.3, -0.25) is 4.79 Å². The summed E-state index contributed by atoms with van der Waals surface area (Å²) in [7, 11) is 0. The van der Waals surface area contributed by atoms with Gasteiger partial charge in [0.05, 0.1) is 12.2 Å². The van der Waals surface area contributed by atoms with Crippen molar-refractivity contribution in [3.63, 3.8) is 0 Å². The van der Waals surface area contributed by atoms with Crippen molar-refractivity contribution < 1.29 is 9.18 Å². The number of amides is 1. The van der Waals surface area contributed by atoms with Gasteiger partial charge in [0.2, 0.25) is 0 Å². The molecule has 0 N–H and O–H groups in total. The van der Waals surface area contributed by atoms with E-state index < -0.39 is 0 Å². The maximum atomic E-state index is 13.4. The van der Waals surface area contributed by atoms with Crippen LogP contribution < -0.4 is 9.80 Å². The van der Waals surface area contributed by atoms with Crippen LogP contribution in [0.5, 0.6) is 0 Å². The quantitative estimate of drug-likeness (QED) is 0.450. The van der Waals surface area contributed by atoms with Gasteiger partial charge in [0, 0.05) is 34.7 Å². The number of halogens is 3. The summed E-state index contributed by atoms with van der Waals surface area (Å²) < 4.78 is 13.4. The second-order valence-electron chi connectivity index (χ2n) is 7.04. The predicted octanol–water partition coefficient (Wildman–Crippen LogP) is 6.19. The minimum atomic E-state index is -0.339. The summed E-state index contributed by atoms with van der Waals surface area (Å²) in [4.78, 5) is 21.9. The highest BCUT2D eigenvalue weighted by molar-refractivity contribution is 7.13. The molecule has 0 unspecified atom stereocenters. The fourth-order valence-electron chi connectivity index (χ4n) is 3.41. The second kappa shape index (κ2) is 10.2. The van der Waals surface area contributed by atoms with E-state index in [9.17, 15) is 9.18 Å². The maximum absolute atomic E-state index is 13.4. The number of nitrogens with zero attached hydrogens (tertiary/aromatic N) is 3. The first-order chi connectivity index (χ1) is 14.1. The highest BCUT2D eigenvalue weighted by Gasteiger charge is 2.21. The van der Waals surface area contributed by atoms with E-state index in [1.807, 2.05) is 5.38 Å². The van der Waals surface area contributed by atoms with E-state index in [4.69, 9.17) is 16.6 Å². The lowest BCUT2D eigenvalue weighted by Gasteiger charge is -2.26. The van der Waals surface area contributed by atoms with Crippen LogP contribution in [0.1, 0.15) is 35.3 Å². The van der Waals surface area contributed by atoms with Gasteiger partial charge in [-0.15, -0.1) is 23.7 Å². The van der Waals surface area contributed by atoms with Crippen molar-refractivity contribution in [1.29, 1.82) is 0 Å². The summed E-state index contributed by atoms with van der Waals surface area (Å²) >= 11 is 7.56.